The SMILES string of the molecule is Cn1ncc(C(=O)NC(C)(C)CC(=O)O)c1CNC(=O)OCC1c2ccccc2-c2ccccc21. The number of nitrogens with zero attached hydrogens (tertiary/aromatic N) is 2. The molecule has 2 amide bonds. The Labute approximate surface area is 203 Å². The summed E-state index contributed by atoms with van der Waals surface area (Å²) in [7, 11) is 1.66. The van der Waals surface area contributed by atoms with E-state index in [1.807, 2.05) is 36.4 Å². The zero-order valence-corrected chi connectivity index (χ0v) is 19.9. The van der Waals surface area contributed by atoms with Crippen molar-refractivity contribution in [2.45, 2.75) is 38.3 Å². The molecular weight excluding hydrogens is 448 g/mol. The third-order valence-corrected chi connectivity index (χ3v) is 6.10. The standard InChI is InChI=1S/C26H28N4O5/c1-26(2,12-23(31)32)29-24(33)20-13-28-30(3)22(20)14-27-25(34)35-15-21-18-10-6-4-8-16(18)17-9-5-7-11-19(17)21/h4-11,13,21H,12,14-15H2,1-3H3,(H,27,34)(H,29,33)(H,31,32). The number of hydrogen-bond donors (Lipinski definition) is 3. The summed E-state index contributed by atoms with van der Waals surface area (Å²) in [6.45, 7) is 3.46. The van der Waals surface area contributed by atoms with Crippen molar-refractivity contribution in [2.75, 3.05) is 6.61 Å². The van der Waals surface area contributed by atoms with E-state index in [-0.39, 0.29) is 31.1 Å². The molecule has 182 valence electrons. The lowest BCUT2D eigenvalue weighted by Crippen LogP contribution is -2.45. The molecule has 9 heteroatoms. The maximum atomic E-state index is 12.8. The van der Waals surface area contributed by atoms with Crippen LogP contribution in [0.5, 0.6) is 0 Å². The van der Waals surface area contributed by atoms with Crippen molar-refractivity contribution in [1.29, 1.82) is 0 Å². The van der Waals surface area contributed by atoms with Gasteiger partial charge in [-0.25, -0.2) is 4.79 Å². The van der Waals surface area contributed by atoms with E-state index in [0.717, 1.165) is 22.3 Å². The van der Waals surface area contributed by atoms with Crippen LogP contribution >= 0.6 is 0 Å². The number of aryl methyl sites for hydroxylation is 1. The average molecular weight is 477 g/mol. The van der Waals surface area contributed by atoms with Gasteiger partial charge >= 0.3 is 12.1 Å². The molecule has 0 radical (unpaired) electrons. The molecule has 1 aliphatic rings. The molecule has 0 aliphatic heterocycles. The van der Waals surface area contributed by atoms with Crippen molar-refractivity contribution in [3.05, 3.63) is 77.1 Å². The Morgan fingerprint density at radius 1 is 1.06 bits per heavy atom. The molecule has 3 N–H and O–H groups in total. The summed E-state index contributed by atoms with van der Waals surface area (Å²) in [5.41, 5.74) is 4.32. The minimum absolute atomic E-state index is 0.0231. The van der Waals surface area contributed by atoms with Gasteiger partial charge in [-0.05, 0) is 36.1 Å². The number of benzene rings is 2. The maximum absolute atomic E-state index is 12.8. The molecule has 4 rings (SSSR count). The molecule has 0 bridgehead atoms. The van der Waals surface area contributed by atoms with Crippen LogP contribution in [0.4, 0.5) is 4.79 Å². The van der Waals surface area contributed by atoms with Gasteiger partial charge in [-0.1, -0.05) is 48.5 Å². The Kier molecular flexibility index (Phi) is 6.59. The van der Waals surface area contributed by atoms with Crippen LogP contribution in [-0.4, -0.2) is 45.0 Å². The van der Waals surface area contributed by atoms with E-state index >= 15 is 0 Å². The Balaban J connectivity index is 1.39. The minimum Gasteiger partial charge on any atom is -0.481 e. The van der Waals surface area contributed by atoms with Crippen molar-refractivity contribution < 1.29 is 24.2 Å². The van der Waals surface area contributed by atoms with Crippen LogP contribution in [0.1, 0.15) is 53.4 Å². The normalized spacial score (nSPS) is 12.5. The first kappa shape index (κ1) is 24.0. The van der Waals surface area contributed by atoms with Crippen LogP contribution in [0.3, 0.4) is 0 Å². The van der Waals surface area contributed by atoms with E-state index in [9.17, 15) is 14.4 Å². The van der Waals surface area contributed by atoms with Gasteiger partial charge in [0.25, 0.3) is 5.91 Å². The van der Waals surface area contributed by atoms with Gasteiger partial charge in [0.15, 0.2) is 0 Å². The Hall–Kier alpha value is -4.14. The van der Waals surface area contributed by atoms with E-state index in [1.54, 1.807) is 20.9 Å². The van der Waals surface area contributed by atoms with Gasteiger partial charge in [0.1, 0.15) is 6.61 Å². The van der Waals surface area contributed by atoms with Gasteiger partial charge in [-0.15, -0.1) is 0 Å². The first-order valence-corrected chi connectivity index (χ1v) is 11.3. The second-order valence-corrected chi connectivity index (χ2v) is 9.22. The fourth-order valence-electron chi connectivity index (χ4n) is 4.46. The number of aliphatic carboxylic acids is 1. The van der Waals surface area contributed by atoms with E-state index in [2.05, 4.69) is 27.9 Å². The number of nitrogens with one attached hydrogen (secondary N) is 2. The molecule has 0 unspecified atom stereocenters. The minimum atomic E-state index is -1.02. The maximum Gasteiger partial charge on any atom is 0.407 e. The van der Waals surface area contributed by atoms with Gasteiger partial charge in [-0.2, -0.15) is 5.10 Å². The summed E-state index contributed by atoms with van der Waals surface area (Å²) in [6.07, 6.45) is 0.554. The molecule has 0 fully saturated rings. The van der Waals surface area contributed by atoms with Gasteiger partial charge in [-0.3, -0.25) is 14.3 Å². The van der Waals surface area contributed by atoms with Crippen molar-refractivity contribution in [3.8, 4) is 11.1 Å². The highest BCUT2D eigenvalue weighted by Gasteiger charge is 2.29. The molecule has 1 heterocycles. The fraction of sp³-hybridized carbons (Fsp3) is 0.308. The smallest absolute Gasteiger partial charge is 0.407 e. The highest BCUT2D eigenvalue weighted by atomic mass is 16.5. The van der Waals surface area contributed by atoms with Crippen molar-refractivity contribution in [3.63, 3.8) is 0 Å². The summed E-state index contributed by atoms with van der Waals surface area (Å²) in [5, 5.41) is 18.6. The predicted molar refractivity (Wildman–Crippen MR) is 129 cm³/mol. The Morgan fingerprint density at radius 3 is 2.26 bits per heavy atom. The van der Waals surface area contributed by atoms with Crippen LogP contribution in [-0.2, 0) is 23.1 Å². The van der Waals surface area contributed by atoms with E-state index < -0.39 is 23.5 Å². The van der Waals surface area contributed by atoms with Crippen LogP contribution in [0.25, 0.3) is 11.1 Å². The highest BCUT2D eigenvalue weighted by Crippen LogP contribution is 2.44. The number of hydrogen-bond acceptors (Lipinski definition) is 5. The average Bonchev–Trinajstić information content (AvgIpc) is 3.32. The summed E-state index contributed by atoms with van der Waals surface area (Å²) < 4.78 is 7.05. The second kappa shape index (κ2) is 9.61. The van der Waals surface area contributed by atoms with Gasteiger partial charge < -0.3 is 20.5 Å². The third-order valence-electron chi connectivity index (χ3n) is 6.10. The van der Waals surface area contributed by atoms with Crippen molar-refractivity contribution in [2.24, 2.45) is 7.05 Å². The summed E-state index contributed by atoms with van der Waals surface area (Å²) in [5.74, 6) is -1.53. The first-order valence-electron chi connectivity index (χ1n) is 11.3. The number of carbonyl (C=O) groups is 3. The molecule has 0 saturated carbocycles. The third kappa shape index (κ3) is 5.18. The lowest BCUT2D eigenvalue weighted by Gasteiger charge is -2.24. The lowest BCUT2D eigenvalue weighted by molar-refractivity contribution is -0.138. The molecular formula is C26H28N4O5. The fourth-order valence-corrected chi connectivity index (χ4v) is 4.46. The number of aromatic nitrogens is 2. The van der Waals surface area contributed by atoms with E-state index in [1.165, 1.54) is 10.9 Å². The summed E-state index contributed by atoms with van der Waals surface area (Å²) in [6, 6.07) is 16.2. The Bertz CT molecular complexity index is 1230. The van der Waals surface area contributed by atoms with Crippen LogP contribution < -0.4 is 10.6 Å². The number of fused-ring (bicyclic) bond motifs is 3. The van der Waals surface area contributed by atoms with Gasteiger partial charge in [0, 0.05) is 18.5 Å². The second-order valence-electron chi connectivity index (χ2n) is 9.22. The number of carboxylic acids is 1. The van der Waals surface area contributed by atoms with E-state index in [4.69, 9.17) is 9.84 Å². The zero-order valence-electron chi connectivity index (χ0n) is 19.9. The van der Waals surface area contributed by atoms with E-state index in [0.29, 0.717) is 5.69 Å². The van der Waals surface area contributed by atoms with Gasteiger partial charge in [0.2, 0.25) is 0 Å². The molecule has 3 aromatic rings. The molecule has 0 atom stereocenters. The van der Waals surface area contributed by atoms with Crippen molar-refractivity contribution in [1.82, 2.24) is 20.4 Å². The van der Waals surface area contributed by atoms with Gasteiger partial charge in [0.05, 0.1) is 30.4 Å². The highest BCUT2D eigenvalue weighted by molar-refractivity contribution is 5.96. The van der Waals surface area contributed by atoms with Crippen LogP contribution in [0.2, 0.25) is 0 Å². The van der Waals surface area contributed by atoms with Crippen LogP contribution in [0.15, 0.2) is 54.7 Å². The number of carbonyl (C=O) groups excluding carboxylic acids is 2. The largest absolute Gasteiger partial charge is 0.481 e. The lowest BCUT2D eigenvalue weighted by atomic mass is 9.98. The summed E-state index contributed by atoms with van der Waals surface area (Å²) >= 11 is 0. The Morgan fingerprint density at radius 2 is 1.66 bits per heavy atom. The van der Waals surface area contributed by atoms with Crippen LogP contribution in [0, 0.1) is 0 Å². The first-order chi connectivity index (χ1) is 16.7. The molecule has 0 spiro atoms. The molecule has 2 aromatic carbocycles. The topological polar surface area (TPSA) is 123 Å². The number of ether oxygens (including phenoxy) is 1. The molecule has 0 saturated heterocycles. The number of rotatable bonds is 8. The summed E-state index contributed by atoms with van der Waals surface area (Å²) in [4.78, 5) is 36.3. The quantitative estimate of drug-likeness (QED) is 0.458. The van der Waals surface area contributed by atoms with Crippen molar-refractivity contribution >= 4 is 18.0 Å². The molecule has 1 aromatic heterocycles. The molecule has 35 heavy (non-hydrogen) atoms. The number of alkyl carbamates (subject to hydrolysis) is 1. The molecule has 9 nitrogen and oxygen atoms in total. The predicted octanol–water partition coefficient (Wildman–Crippen LogP) is 3.44. The molecule has 1 aliphatic carbocycles. The zero-order chi connectivity index (χ0) is 25.2. The number of amides is 2. The number of carboxylic acid groups (broad SMARTS) is 1. The monoisotopic (exact) mass is 476 g/mol.